The number of nitrogens with one attached hydrogen (secondary N) is 1. The summed E-state index contributed by atoms with van der Waals surface area (Å²) in [5.41, 5.74) is 0.826. The topological polar surface area (TPSA) is 46.9 Å². The van der Waals surface area contributed by atoms with E-state index >= 15 is 0 Å². The van der Waals surface area contributed by atoms with Crippen molar-refractivity contribution in [2.75, 3.05) is 6.54 Å². The maximum absolute atomic E-state index is 12.4. The highest BCUT2D eigenvalue weighted by Gasteiger charge is 2.17. The van der Waals surface area contributed by atoms with E-state index in [9.17, 15) is 4.79 Å². The van der Waals surface area contributed by atoms with Crippen LogP contribution in [0.4, 0.5) is 0 Å². The summed E-state index contributed by atoms with van der Waals surface area (Å²) >= 11 is 0. The van der Waals surface area contributed by atoms with E-state index < -0.39 is 0 Å². The Hall–Kier alpha value is -1.68. The highest BCUT2D eigenvalue weighted by atomic mass is 16.1. The molecule has 1 fully saturated rings. The first kappa shape index (κ1) is 14.3. The molecule has 0 amide bonds. The Bertz CT molecular complexity index is 664. The second-order valence-corrected chi connectivity index (χ2v) is 6.18. The molecule has 0 aliphatic heterocycles. The predicted molar refractivity (Wildman–Crippen MR) is 85.4 cm³/mol. The first-order valence-electron chi connectivity index (χ1n) is 7.91. The number of aromatic nitrogens is 2. The SMILES string of the molecule is CC1CCCC(NCCn2cnc3ccccc3c2=O)C1. The minimum Gasteiger partial charge on any atom is -0.312 e. The van der Waals surface area contributed by atoms with Crippen molar-refractivity contribution < 1.29 is 0 Å². The van der Waals surface area contributed by atoms with Gasteiger partial charge in [0, 0.05) is 19.1 Å². The molecule has 112 valence electrons. The smallest absolute Gasteiger partial charge is 0.261 e. The van der Waals surface area contributed by atoms with Crippen LogP contribution < -0.4 is 10.9 Å². The fraction of sp³-hybridized carbons (Fsp3) is 0.529. The van der Waals surface area contributed by atoms with E-state index in [1.54, 1.807) is 10.9 Å². The van der Waals surface area contributed by atoms with Gasteiger partial charge in [-0.2, -0.15) is 0 Å². The third-order valence-electron chi connectivity index (χ3n) is 4.45. The molecule has 4 heteroatoms. The van der Waals surface area contributed by atoms with Gasteiger partial charge in [-0.3, -0.25) is 9.36 Å². The third-order valence-corrected chi connectivity index (χ3v) is 4.45. The molecule has 1 aliphatic carbocycles. The van der Waals surface area contributed by atoms with Gasteiger partial charge < -0.3 is 5.32 Å². The maximum Gasteiger partial charge on any atom is 0.261 e. The minimum atomic E-state index is 0.0550. The van der Waals surface area contributed by atoms with E-state index in [1.165, 1.54) is 25.7 Å². The minimum absolute atomic E-state index is 0.0550. The van der Waals surface area contributed by atoms with Crippen LogP contribution in [0.2, 0.25) is 0 Å². The van der Waals surface area contributed by atoms with Crippen molar-refractivity contribution in [3.63, 3.8) is 0 Å². The maximum atomic E-state index is 12.4. The van der Waals surface area contributed by atoms with E-state index in [-0.39, 0.29) is 5.56 Å². The third kappa shape index (κ3) is 3.32. The first-order valence-corrected chi connectivity index (χ1v) is 7.91. The first-order chi connectivity index (χ1) is 10.2. The van der Waals surface area contributed by atoms with Crippen LogP contribution >= 0.6 is 0 Å². The molecular formula is C17H23N3O. The summed E-state index contributed by atoms with van der Waals surface area (Å²) in [5, 5.41) is 4.29. The van der Waals surface area contributed by atoms with Gasteiger partial charge in [-0.1, -0.05) is 31.9 Å². The Morgan fingerprint density at radius 2 is 2.19 bits per heavy atom. The Balaban J connectivity index is 1.63. The average molecular weight is 285 g/mol. The normalized spacial score (nSPS) is 22.5. The van der Waals surface area contributed by atoms with E-state index in [0.717, 1.165) is 18.0 Å². The average Bonchev–Trinajstić information content (AvgIpc) is 2.50. The van der Waals surface area contributed by atoms with Crippen molar-refractivity contribution in [1.29, 1.82) is 0 Å². The molecule has 2 unspecified atom stereocenters. The second kappa shape index (κ2) is 6.39. The van der Waals surface area contributed by atoms with Crippen molar-refractivity contribution in [3.8, 4) is 0 Å². The predicted octanol–water partition coefficient (Wildman–Crippen LogP) is 2.56. The monoisotopic (exact) mass is 285 g/mol. The van der Waals surface area contributed by atoms with Crippen molar-refractivity contribution >= 4 is 10.9 Å². The van der Waals surface area contributed by atoms with Gasteiger partial charge in [0.2, 0.25) is 0 Å². The fourth-order valence-corrected chi connectivity index (χ4v) is 3.27. The molecule has 0 saturated heterocycles. The number of rotatable bonds is 4. The van der Waals surface area contributed by atoms with Gasteiger partial charge in [-0.15, -0.1) is 0 Å². The Kier molecular flexibility index (Phi) is 4.34. The van der Waals surface area contributed by atoms with Gasteiger partial charge in [0.1, 0.15) is 0 Å². The van der Waals surface area contributed by atoms with Crippen LogP contribution in [0.25, 0.3) is 10.9 Å². The van der Waals surface area contributed by atoms with Crippen LogP contribution in [0.5, 0.6) is 0 Å². The lowest BCUT2D eigenvalue weighted by Gasteiger charge is -2.27. The lowest BCUT2D eigenvalue weighted by Crippen LogP contribution is -2.36. The molecule has 21 heavy (non-hydrogen) atoms. The number of hydrogen-bond donors (Lipinski definition) is 1. The second-order valence-electron chi connectivity index (χ2n) is 6.18. The van der Waals surface area contributed by atoms with Crippen LogP contribution in [-0.4, -0.2) is 22.1 Å². The van der Waals surface area contributed by atoms with Crippen LogP contribution in [0, 0.1) is 5.92 Å². The Labute approximate surface area is 125 Å². The summed E-state index contributed by atoms with van der Waals surface area (Å²) in [4.78, 5) is 16.7. The molecule has 1 aromatic carbocycles. The largest absolute Gasteiger partial charge is 0.312 e. The zero-order chi connectivity index (χ0) is 14.7. The highest BCUT2D eigenvalue weighted by Crippen LogP contribution is 2.23. The van der Waals surface area contributed by atoms with E-state index in [4.69, 9.17) is 0 Å². The van der Waals surface area contributed by atoms with Crippen LogP contribution in [0.3, 0.4) is 0 Å². The molecule has 0 spiro atoms. The van der Waals surface area contributed by atoms with Crippen molar-refractivity contribution in [1.82, 2.24) is 14.9 Å². The van der Waals surface area contributed by atoms with Gasteiger partial charge in [0.15, 0.2) is 0 Å². The molecule has 0 radical (unpaired) electrons. The van der Waals surface area contributed by atoms with Crippen LogP contribution in [0.15, 0.2) is 35.4 Å². The molecule has 3 rings (SSSR count). The summed E-state index contributed by atoms with van der Waals surface area (Å²) in [6, 6.07) is 8.13. The van der Waals surface area contributed by atoms with E-state index in [1.807, 2.05) is 24.3 Å². The summed E-state index contributed by atoms with van der Waals surface area (Å²) in [6.07, 6.45) is 6.85. The number of fused-ring (bicyclic) bond motifs is 1. The van der Waals surface area contributed by atoms with Crippen LogP contribution in [-0.2, 0) is 6.54 Å². The Morgan fingerprint density at radius 1 is 1.33 bits per heavy atom. The van der Waals surface area contributed by atoms with Crippen LogP contribution in [0.1, 0.15) is 32.6 Å². The van der Waals surface area contributed by atoms with Gasteiger partial charge >= 0.3 is 0 Å². The molecule has 1 aromatic heterocycles. The van der Waals surface area contributed by atoms with Gasteiger partial charge in [-0.05, 0) is 30.9 Å². The summed E-state index contributed by atoms with van der Waals surface area (Å²) in [5.74, 6) is 0.821. The quantitative estimate of drug-likeness (QED) is 0.939. The number of benzene rings is 1. The van der Waals surface area contributed by atoms with Crippen molar-refractivity contribution in [2.45, 2.75) is 45.2 Å². The fourth-order valence-electron chi connectivity index (χ4n) is 3.27. The number of hydrogen-bond acceptors (Lipinski definition) is 3. The van der Waals surface area contributed by atoms with E-state index in [2.05, 4.69) is 17.2 Å². The lowest BCUT2D eigenvalue weighted by atomic mass is 9.87. The lowest BCUT2D eigenvalue weighted by molar-refractivity contribution is 0.299. The van der Waals surface area contributed by atoms with Crippen molar-refractivity contribution in [2.24, 2.45) is 5.92 Å². The van der Waals surface area contributed by atoms with E-state index in [0.29, 0.717) is 18.0 Å². The summed E-state index contributed by atoms with van der Waals surface area (Å²) in [6.45, 7) is 3.84. The van der Waals surface area contributed by atoms with Gasteiger partial charge in [0.05, 0.1) is 17.2 Å². The van der Waals surface area contributed by atoms with Crippen molar-refractivity contribution in [3.05, 3.63) is 40.9 Å². The summed E-state index contributed by atoms with van der Waals surface area (Å²) in [7, 11) is 0. The molecule has 1 saturated carbocycles. The molecule has 1 aliphatic rings. The highest BCUT2D eigenvalue weighted by molar-refractivity contribution is 5.76. The molecule has 1 heterocycles. The molecular weight excluding hydrogens is 262 g/mol. The number of para-hydroxylation sites is 1. The molecule has 0 bridgehead atoms. The zero-order valence-corrected chi connectivity index (χ0v) is 12.6. The zero-order valence-electron chi connectivity index (χ0n) is 12.6. The van der Waals surface area contributed by atoms with Gasteiger partial charge in [-0.25, -0.2) is 4.98 Å². The number of nitrogens with zero attached hydrogens (tertiary/aromatic N) is 2. The molecule has 1 N–H and O–H groups in total. The standard InChI is InChI=1S/C17H23N3O/c1-13-5-4-6-14(11-13)18-9-10-20-12-19-16-8-3-2-7-15(16)17(20)21/h2-3,7-8,12-14,18H,4-6,9-11H2,1H3. The molecule has 4 nitrogen and oxygen atoms in total. The van der Waals surface area contributed by atoms with Gasteiger partial charge in [0.25, 0.3) is 5.56 Å². The molecule has 2 atom stereocenters. The Morgan fingerprint density at radius 3 is 3.05 bits per heavy atom. The molecule has 2 aromatic rings. The summed E-state index contributed by atoms with van der Waals surface area (Å²) < 4.78 is 1.71.